The van der Waals surface area contributed by atoms with Crippen molar-refractivity contribution >= 4 is 5.84 Å². The van der Waals surface area contributed by atoms with Crippen molar-refractivity contribution in [2.24, 2.45) is 10.8 Å². The third-order valence-electron chi connectivity index (χ3n) is 1.81. The molecule has 4 heteroatoms. The predicted octanol–water partition coefficient (Wildman–Crippen LogP) is 0.531. The molecule has 0 radical (unpaired) electrons. The molecule has 1 aromatic rings. The van der Waals surface area contributed by atoms with E-state index < -0.39 is 0 Å². The quantitative estimate of drug-likeness (QED) is 0.632. The van der Waals surface area contributed by atoms with Gasteiger partial charge in [0.05, 0.1) is 6.54 Å². The van der Waals surface area contributed by atoms with Crippen LogP contribution in [0.3, 0.4) is 0 Å². The Bertz CT molecular complexity index is 342. The normalized spacial score (nSPS) is 15.8. The summed E-state index contributed by atoms with van der Waals surface area (Å²) in [6, 6.07) is 3.77. The fraction of sp³-hybridized carbons (Fsp3) is 0.111. The lowest BCUT2D eigenvalue weighted by molar-refractivity contribution is 0.484. The third-order valence-corrected chi connectivity index (χ3v) is 1.81. The second-order valence-electron chi connectivity index (χ2n) is 2.73. The van der Waals surface area contributed by atoms with Crippen molar-refractivity contribution < 1.29 is 0 Å². The Morgan fingerprint density at radius 1 is 1.31 bits per heavy atom. The monoisotopic (exact) mass is 174 g/mol. The fourth-order valence-electron chi connectivity index (χ4n) is 1.19. The van der Waals surface area contributed by atoms with Gasteiger partial charge in [-0.2, -0.15) is 0 Å². The van der Waals surface area contributed by atoms with Gasteiger partial charge in [0.15, 0.2) is 0 Å². The van der Waals surface area contributed by atoms with Crippen molar-refractivity contribution in [3.05, 3.63) is 42.4 Å². The largest absolute Gasteiger partial charge is 0.290 e. The molecule has 0 aliphatic carbocycles. The maximum atomic E-state index is 5.74. The van der Waals surface area contributed by atoms with Crippen molar-refractivity contribution in [2.75, 3.05) is 6.54 Å². The highest BCUT2D eigenvalue weighted by atomic mass is 15.4. The molecule has 66 valence electrons. The standard InChI is InChI=1S/C9H10N4/c10-13-7-1-4-12-9(13)8-2-5-11-6-3-8/h1-6H,7,10H2. The molecule has 2 heterocycles. The van der Waals surface area contributed by atoms with E-state index in [2.05, 4.69) is 9.98 Å². The van der Waals surface area contributed by atoms with E-state index in [1.165, 1.54) is 0 Å². The van der Waals surface area contributed by atoms with Crippen LogP contribution in [-0.2, 0) is 0 Å². The van der Waals surface area contributed by atoms with Crippen molar-refractivity contribution in [3.63, 3.8) is 0 Å². The van der Waals surface area contributed by atoms with E-state index in [9.17, 15) is 0 Å². The summed E-state index contributed by atoms with van der Waals surface area (Å²) < 4.78 is 0. The Balaban J connectivity index is 2.35. The van der Waals surface area contributed by atoms with E-state index in [-0.39, 0.29) is 0 Å². The van der Waals surface area contributed by atoms with Gasteiger partial charge in [-0.15, -0.1) is 0 Å². The number of nitrogens with two attached hydrogens (primary N) is 1. The number of hydrazine groups is 1. The zero-order chi connectivity index (χ0) is 9.10. The first-order chi connectivity index (χ1) is 6.38. The minimum atomic E-state index is 0.696. The van der Waals surface area contributed by atoms with Crippen LogP contribution in [0.1, 0.15) is 5.56 Å². The molecule has 0 atom stereocenters. The van der Waals surface area contributed by atoms with Gasteiger partial charge in [-0.25, -0.2) is 10.8 Å². The lowest BCUT2D eigenvalue weighted by Crippen LogP contribution is -2.39. The van der Waals surface area contributed by atoms with Crippen LogP contribution in [0.25, 0.3) is 0 Å². The zero-order valence-electron chi connectivity index (χ0n) is 7.09. The smallest absolute Gasteiger partial charge is 0.150 e. The molecule has 0 aromatic carbocycles. The molecule has 4 nitrogen and oxygen atoms in total. The first-order valence-corrected chi connectivity index (χ1v) is 4.03. The predicted molar refractivity (Wildman–Crippen MR) is 50.8 cm³/mol. The average Bonchev–Trinajstić information content (AvgIpc) is 2.20. The van der Waals surface area contributed by atoms with Crippen molar-refractivity contribution in [2.45, 2.75) is 0 Å². The first kappa shape index (κ1) is 7.94. The van der Waals surface area contributed by atoms with Gasteiger partial charge in [0.25, 0.3) is 0 Å². The Labute approximate surface area is 76.4 Å². The molecular weight excluding hydrogens is 164 g/mol. The summed E-state index contributed by atoms with van der Waals surface area (Å²) in [4.78, 5) is 8.12. The molecule has 1 aliphatic rings. The highest BCUT2D eigenvalue weighted by Crippen LogP contribution is 2.05. The molecular formula is C9H10N4. The molecule has 0 spiro atoms. The molecule has 0 saturated carbocycles. The number of rotatable bonds is 1. The number of pyridine rings is 1. The number of aromatic nitrogens is 1. The van der Waals surface area contributed by atoms with Crippen LogP contribution >= 0.6 is 0 Å². The highest BCUT2D eigenvalue weighted by Gasteiger charge is 2.09. The van der Waals surface area contributed by atoms with Crippen LogP contribution in [0.4, 0.5) is 0 Å². The van der Waals surface area contributed by atoms with Gasteiger partial charge in [-0.3, -0.25) is 9.99 Å². The molecule has 0 fully saturated rings. The summed E-state index contributed by atoms with van der Waals surface area (Å²) in [5.41, 5.74) is 0.988. The van der Waals surface area contributed by atoms with E-state index in [1.54, 1.807) is 23.6 Å². The maximum Gasteiger partial charge on any atom is 0.150 e. The minimum absolute atomic E-state index is 0.696. The lowest BCUT2D eigenvalue weighted by atomic mass is 10.2. The van der Waals surface area contributed by atoms with Crippen LogP contribution < -0.4 is 5.84 Å². The number of amidine groups is 1. The van der Waals surface area contributed by atoms with Gasteiger partial charge in [-0.1, -0.05) is 0 Å². The SMILES string of the molecule is NN1CC=CN=C1c1ccncc1. The Morgan fingerprint density at radius 2 is 2.08 bits per heavy atom. The Morgan fingerprint density at radius 3 is 2.77 bits per heavy atom. The number of aliphatic imine (C=N–C) groups is 1. The molecule has 0 bridgehead atoms. The minimum Gasteiger partial charge on any atom is -0.290 e. The molecule has 13 heavy (non-hydrogen) atoms. The van der Waals surface area contributed by atoms with Gasteiger partial charge in [0.1, 0.15) is 5.84 Å². The van der Waals surface area contributed by atoms with Crippen molar-refractivity contribution in [1.29, 1.82) is 0 Å². The molecule has 2 N–H and O–H groups in total. The average molecular weight is 174 g/mol. The molecule has 2 rings (SSSR count). The topological polar surface area (TPSA) is 54.5 Å². The van der Waals surface area contributed by atoms with E-state index >= 15 is 0 Å². The van der Waals surface area contributed by atoms with E-state index in [0.717, 1.165) is 11.4 Å². The van der Waals surface area contributed by atoms with Gasteiger partial charge >= 0.3 is 0 Å². The summed E-state index contributed by atoms with van der Waals surface area (Å²) in [5, 5.41) is 1.61. The van der Waals surface area contributed by atoms with Crippen LogP contribution in [0, 0.1) is 0 Å². The van der Waals surface area contributed by atoms with Crippen LogP contribution in [0.15, 0.2) is 41.8 Å². The van der Waals surface area contributed by atoms with Crippen LogP contribution in [0.2, 0.25) is 0 Å². The maximum absolute atomic E-state index is 5.74. The van der Waals surface area contributed by atoms with Gasteiger partial charge < -0.3 is 0 Å². The van der Waals surface area contributed by atoms with Gasteiger partial charge in [0.2, 0.25) is 0 Å². The molecule has 1 aromatic heterocycles. The summed E-state index contributed by atoms with van der Waals surface area (Å²) in [6.45, 7) is 0.696. The first-order valence-electron chi connectivity index (χ1n) is 4.03. The summed E-state index contributed by atoms with van der Waals surface area (Å²) >= 11 is 0. The fourth-order valence-corrected chi connectivity index (χ4v) is 1.19. The van der Waals surface area contributed by atoms with Crippen molar-refractivity contribution in [3.8, 4) is 0 Å². The summed E-state index contributed by atoms with van der Waals surface area (Å²) in [7, 11) is 0. The van der Waals surface area contributed by atoms with Crippen LogP contribution in [0.5, 0.6) is 0 Å². The summed E-state index contributed by atoms with van der Waals surface area (Å²) in [5.74, 6) is 6.52. The number of nitrogens with zero attached hydrogens (tertiary/aromatic N) is 3. The van der Waals surface area contributed by atoms with Gasteiger partial charge in [0, 0.05) is 24.2 Å². The molecule has 0 saturated heterocycles. The van der Waals surface area contributed by atoms with E-state index in [1.807, 2.05) is 18.2 Å². The van der Waals surface area contributed by atoms with Gasteiger partial charge in [-0.05, 0) is 18.2 Å². The number of hydrogen-bond donors (Lipinski definition) is 1. The zero-order valence-corrected chi connectivity index (χ0v) is 7.09. The third kappa shape index (κ3) is 1.57. The Hall–Kier alpha value is -1.68. The van der Waals surface area contributed by atoms with E-state index in [4.69, 9.17) is 5.84 Å². The molecule has 1 aliphatic heterocycles. The molecule has 0 amide bonds. The molecule has 0 unspecified atom stereocenters. The number of hydrogen-bond acceptors (Lipinski definition) is 4. The van der Waals surface area contributed by atoms with E-state index in [0.29, 0.717) is 6.54 Å². The van der Waals surface area contributed by atoms with Crippen molar-refractivity contribution in [1.82, 2.24) is 9.99 Å². The second-order valence-corrected chi connectivity index (χ2v) is 2.73. The lowest BCUT2D eigenvalue weighted by Gasteiger charge is -2.20. The summed E-state index contributed by atoms with van der Waals surface area (Å²) in [6.07, 6.45) is 7.12. The van der Waals surface area contributed by atoms with Crippen LogP contribution in [-0.4, -0.2) is 22.4 Å². The second kappa shape index (κ2) is 3.37. The highest BCUT2D eigenvalue weighted by molar-refractivity contribution is 5.99. The Kier molecular flexibility index (Phi) is 2.06.